The van der Waals surface area contributed by atoms with Gasteiger partial charge in [-0.05, 0) is 36.8 Å². The summed E-state index contributed by atoms with van der Waals surface area (Å²) in [6.07, 6.45) is 0.947. The number of benzene rings is 2. The molecule has 2 heterocycles. The maximum Gasteiger partial charge on any atom is 0.265 e. The summed E-state index contributed by atoms with van der Waals surface area (Å²) in [7, 11) is 0. The maximum absolute atomic E-state index is 12.7. The van der Waals surface area contributed by atoms with Crippen molar-refractivity contribution in [3.8, 4) is 11.6 Å². The van der Waals surface area contributed by atoms with Crippen molar-refractivity contribution in [2.24, 2.45) is 0 Å². The zero-order valence-electron chi connectivity index (χ0n) is 14.4. The standard InChI is InChI=1S/C20H19N3O2S/c1-12-6-8-14(9-7-12)23-19(25)16(18(24)22-20(23)26)17-15-5-3-2-4-13(15)10-11-21-17/h2-9,17,21,25H,10-11H2,1H3,(H,22,24,26)/p+1/t17-/m1/s1. The van der Waals surface area contributed by atoms with Gasteiger partial charge in [-0.2, -0.15) is 0 Å². The van der Waals surface area contributed by atoms with E-state index in [4.69, 9.17) is 12.2 Å². The Labute approximate surface area is 156 Å². The molecule has 0 fully saturated rings. The number of fused-ring (bicyclic) bond motifs is 1. The van der Waals surface area contributed by atoms with E-state index in [1.54, 1.807) is 0 Å². The van der Waals surface area contributed by atoms with Crippen molar-refractivity contribution in [2.45, 2.75) is 19.4 Å². The van der Waals surface area contributed by atoms with E-state index in [0.717, 1.165) is 29.8 Å². The Hall–Kier alpha value is -2.70. The molecule has 4 rings (SSSR count). The molecule has 3 aromatic rings. The van der Waals surface area contributed by atoms with Gasteiger partial charge in [0.1, 0.15) is 11.6 Å². The Morgan fingerprint density at radius 3 is 2.69 bits per heavy atom. The van der Waals surface area contributed by atoms with Gasteiger partial charge in [-0.3, -0.25) is 14.3 Å². The van der Waals surface area contributed by atoms with Crippen LogP contribution in [0.4, 0.5) is 0 Å². The van der Waals surface area contributed by atoms with E-state index in [-0.39, 0.29) is 22.3 Å². The Morgan fingerprint density at radius 1 is 1.19 bits per heavy atom. The number of aryl methyl sites for hydroxylation is 1. The number of rotatable bonds is 2. The summed E-state index contributed by atoms with van der Waals surface area (Å²) in [5, 5.41) is 13.1. The second kappa shape index (κ2) is 6.55. The van der Waals surface area contributed by atoms with Gasteiger partial charge in [0.2, 0.25) is 5.88 Å². The van der Waals surface area contributed by atoms with E-state index in [9.17, 15) is 9.90 Å². The van der Waals surface area contributed by atoms with Gasteiger partial charge in [0.25, 0.3) is 5.56 Å². The van der Waals surface area contributed by atoms with Crippen molar-refractivity contribution in [2.75, 3.05) is 6.54 Å². The SMILES string of the molecule is Cc1ccc(-n2c(O)c([C@@H]3[NH2+]CCc4ccccc43)c(=O)[nH]c2=S)cc1. The summed E-state index contributed by atoms with van der Waals surface area (Å²) < 4.78 is 1.71. The fourth-order valence-electron chi connectivity index (χ4n) is 3.62. The van der Waals surface area contributed by atoms with Gasteiger partial charge >= 0.3 is 0 Å². The minimum atomic E-state index is -0.339. The Kier molecular flexibility index (Phi) is 4.22. The molecule has 4 N–H and O–H groups in total. The van der Waals surface area contributed by atoms with Gasteiger partial charge in [0.05, 0.1) is 12.2 Å². The van der Waals surface area contributed by atoms with Crippen LogP contribution in [0.25, 0.3) is 5.69 Å². The number of nitrogens with one attached hydrogen (secondary N) is 1. The van der Waals surface area contributed by atoms with Crippen molar-refractivity contribution in [1.29, 1.82) is 0 Å². The molecular formula is C20H20N3O2S+. The van der Waals surface area contributed by atoms with Crippen LogP contribution in [0, 0.1) is 11.7 Å². The maximum atomic E-state index is 12.7. The highest BCUT2D eigenvalue weighted by Gasteiger charge is 2.31. The summed E-state index contributed by atoms with van der Waals surface area (Å²) in [4.78, 5) is 15.4. The van der Waals surface area contributed by atoms with E-state index in [2.05, 4.69) is 16.4 Å². The van der Waals surface area contributed by atoms with Gasteiger partial charge in [-0.1, -0.05) is 42.0 Å². The first-order valence-electron chi connectivity index (χ1n) is 8.62. The molecule has 2 aromatic carbocycles. The highest BCUT2D eigenvalue weighted by molar-refractivity contribution is 7.71. The van der Waals surface area contributed by atoms with Crippen LogP contribution in [0.15, 0.2) is 53.3 Å². The molecular weight excluding hydrogens is 346 g/mol. The number of aromatic hydroxyl groups is 1. The van der Waals surface area contributed by atoms with Crippen molar-refractivity contribution < 1.29 is 10.4 Å². The van der Waals surface area contributed by atoms with Gasteiger partial charge in [-0.15, -0.1) is 0 Å². The Bertz CT molecular complexity index is 1080. The number of quaternary nitrogens is 1. The number of nitrogens with zero attached hydrogens (tertiary/aromatic N) is 1. The van der Waals surface area contributed by atoms with Crippen LogP contribution in [0.3, 0.4) is 0 Å². The Morgan fingerprint density at radius 2 is 1.92 bits per heavy atom. The molecule has 0 unspecified atom stereocenters. The number of hydrogen-bond donors (Lipinski definition) is 3. The molecule has 1 aromatic heterocycles. The molecule has 1 atom stereocenters. The molecule has 0 spiro atoms. The van der Waals surface area contributed by atoms with Gasteiger partial charge < -0.3 is 10.4 Å². The molecule has 1 aliphatic rings. The van der Waals surface area contributed by atoms with Crippen LogP contribution < -0.4 is 10.9 Å². The summed E-state index contributed by atoms with van der Waals surface area (Å²) in [5.74, 6) is -0.0967. The molecule has 26 heavy (non-hydrogen) atoms. The largest absolute Gasteiger partial charge is 0.494 e. The van der Waals surface area contributed by atoms with Crippen LogP contribution in [0.1, 0.15) is 28.3 Å². The first-order chi connectivity index (χ1) is 12.6. The minimum Gasteiger partial charge on any atom is -0.494 e. The van der Waals surface area contributed by atoms with Crippen LogP contribution in [0.5, 0.6) is 5.88 Å². The molecule has 1 aliphatic heterocycles. The average molecular weight is 366 g/mol. The molecule has 132 valence electrons. The molecule has 5 nitrogen and oxygen atoms in total. The van der Waals surface area contributed by atoms with E-state index in [1.807, 2.05) is 49.4 Å². The third kappa shape index (κ3) is 2.77. The molecule has 6 heteroatoms. The number of H-pyrrole nitrogens is 1. The summed E-state index contributed by atoms with van der Waals surface area (Å²) >= 11 is 5.32. The van der Waals surface area contributed by atoms with E-state index in [1.165, 1.54) is 10.1 Å². The lowest BCUT2D eigenvalue weighted by atomic mass is 9.90. The highest BCUT2D eigenvalue weighted by atomic mass is 32.1. The van der Waals surface area contributed by atoms with Crippen LogP contribution >= 0.6 is 12.2 Å². The second-order valence-electron chi connectivity index (χ2n) is 6.62. The van der Waals surface area contributed by atoms with Gasteiger partial charge in [0, 0.05) is 12.0 Å². The lowest BCUT2D eigenvalue weighted by molar-refractivity contribution is -0.690. The zero-order chi connectivity index (χ0) is 18.3. The fraction of sp³-hybridized carbons (Fsp3) is 0.200. The fourth-order valence-corrected chi connectivity index (χ4v) is 3.91. The third-order valence-corrected chi connectivity index (χ3v) is 5.21. The van der Waals surface area contributed by atoms with Crippen LogP contribution in [0.2, 0.25) is 0 Å². The first-order valence-corrected chi connectivity index (χ1v) is 9.03. The minimum absolute atomic E-state index is 0.0967. The summed E-state index contributed by atoms with van der Waals surface area (Å²) in [6, 6.07) is 15.5. The molecule has 0 amide bonds. The molecule has 0 saturated carbocycles. The van der Waals surface area contributed by atoms with Crippen molar-refractivity contribution >= 4 is 12.2 Å². The molecule has 0 saturated heterocycles. The lowest BCUT2D eigenvalue weighted by Gasteiger charge is -2.24. The monoisotopic (exact) mass is 366 g/mol. The number of nitrogens with two attached hydrogens (primary N) is 1. The van der Waals surface area contributed by atoms with Crippen LogP contribution in [-0.2, 0) is 6.42 Å². The highest BCUT2D eigenvalue weighted by Crippen LogP contribution is 2.29. The number of hydrogen-bond acceptors (Lipinski definition) is 3. The summed E-state index contributed by atoms with van der Waals surface area (Å²) in [5.41, 5.74) is 4.11. The topological polar surface area (TPSA) is 74.6 Å². The lowest BCUT2D eigenvalue weighted by Crippen LogP contribution is -2.87. The normalized spacial score (nSPS) is 16.3. The molecule has 0 bridgehead atoms. The quantitative estimate of drug-likeness (QED) is 0.608. The predicted molar refractivity (Wildman–Crippen MR) is 102 cm³/mol. The predicted octanol–water partition coefficient (Wildman–Crippen LogP) is 2.12. The first kappa shape index (κ1) is 16.8. The molecule has 0 radical (unpaired) electrons. The second-order valence-corrected chi connectivity index (χ2v) is 7.01. The Balaban J connectivity index is 1.94. The smallest absolute Gasteiger partial charge is 0.265 e. The summed E-state index contributed by atoms with van der Waals surface area (Å²) in [6.45, 7) is 2.86. The van der Waals surface area contributed by atoms with E-state index >= 15 is 0 Å². The zero-order valence-corrected chi connectivity index (χ0v) is 15.2. The van der Waals surface area contributed by atoms with Gasteiger partial charge in [-0.25, -0.2) is 0 Å². The van der Waals surface area contributed by atoms with E-state index < -0.39 is 0 Å². The van der Waals surface area contributed by atoms with E-state index in [0.29, 0.717) is 5.56 Å². The molecule has 0 aliphatic carbocycles. The van der Waals surface area contributed by atoms with Crippen molar-refractivity contribution in [1.82, 2.24) is 9.55 Å². The van der Waals surface area contributed by atoms with Crippen LogP contribution in [-0.4, -0.2) is 21.2 Å². The van der Waals surface area contributed by atoms with Crippen molar-refractivity contribution in [3.05, 3.63) is 85.9 Å². The average Bonchev–Trinajstić information content (AvgIpc) is 2.63. The number of aromatic nitrogens is 2. The van der Waals surface area contributed by atoms with Crippen molar-refractivity contribution in [3.63, 3.8) is 0 Å². The van der Waals surface area contributed by atoms with Gasteiger partial charge in [0.15, 0.2) is 4.77 Å². The third-order valence-electron chi connectivity index (χ3n) is 4.93. The number of aromatic amines is 1.